The minimum Gasteiger partial charge on any atom is -0.295 e. The molecule has 2 atom stereocenters. The molecule has 0 fully saturated rings. The van der Waals surface area contributed by atoms with Crippen LogP contribution in [0.4, 0.5) is 0 Å². The molecule has 0 saturated heterocycles. The fourth-order valence-corrected chi connectivity index (χ4v) is 2.13. The Balaban J connectivity index is 2.72. The maximum Gasteiger partial charge on any atom is 0.157 e. The third-order valence-electron chi connectivity index (χ3n) is 3.35. The first kappa shape index (κ1) is 12.2. The van der Waals surface area contributed by atoms with Crippen LogP contribution < -0.4 is 0 Å². The molecule has 1 nitrogen and oxygen atoms in total. The number of carbonyl (C=O) groups is 1. The van der Waals surface area contributed by atoms with Crippen LogP contribution in [0.5, 0.6) is 0 Å². The number of hydrogen-bond acceptors (Lipinski definition) is 1. The van der Waals surface area contributed by atoms with Gasteiger partial charge in [-0.1, -0.05) is 31.6 Å². The highest BCUT2D eigenvalue weighted by atomic mass is 16.1. The second-order valence-corrected chi connectivity index (χ2v) is 4.76. The lowest BCUT2D eigenvalue weighted by molar-refractivity contribution is -0.115. The van der Waals surface area contributed by atoms with Gasteiger partial charge in [0.05, 0.1) is 0 Å². The molecule has 0 spiro atoms. The smallest absolute Gasteiger partial charge is 0.157 e. The lowest BCUT2D eigenvalue weighted by Crippen LogP contribution is -2.15. The van der Waals surface area contributed by atoms with E-state index in [1.54, 1.807) is 0 Å². The van der Waals surface area contributed by atoms with Gasteiger partial charge in [0.1, 0.15) is 0 Å². The highest BCUT2D eigenvalue weighted by Gasteiger charge is 2.19. The molecule has 0 heterocycles. The van der Waals surface area contributed by atoms with Crippen LogP contribution in [-0.4, -0.2) is 5.78 Å². The molecule has 0 radical (unpaired) electrons. The van der Waals surface area contributed by atoms with Crippen LogP contribution in [0.1, 0.15) is 47.0 Å². The van der Waals surface area contributed by atoms with E-state index in [0.29, 0.717) is 18.3 Å². The van der Waals surface area contributed by atoms with E-state index in [9.17, 15) is 4.79 Å². The molecule has 0 aliphatic heterocycles. The second-order valence-electron chi connectivity index (χ2n) is 4.76. The van der Waals surface area contributed by atoms with E-state index in [1.165, 1.54) is 5.57 Å². The first-order valence-corrected chi connectivity index (χ1v) is 5.91. The average Bonchev–Trinajstić information content (AvgIpc) is 2.22. The molecule has 0 aromatic rings. The summed E-state index contributed by atoms with van der Waals surface area (Å²) in [5.41, 5.74) is 2.41. The van der Waals surface area contributed by atoms with Gasteiger partial charge in [-0.2, -0.15) is 0 Å². The van der Waals surface area contributed by atoms with E-state index in [-0.39, 0.29) is 5.78 Å². The van der Waals surface area contributed by atoms with Crippen molar-refractivity contribution in [1.82, 2.24) is 0 Å². The molecule has 0 amide bonds. The quantitative estimate of drug-likeness (QED) is 0.505. The Bertz CT molecular complexity index is 296. The van der Waals surface area contributed by atoms with E-state index in [2.05, 4.69) is 26.0 Å². The Hall–Kier alpha value is -0.850. The Morgan fingerprint density at radius 1 is 1.60 bits per heavy atom. The normalized spacial score (nSPS) is 27.5. The Morgan fingerprint density at radius 2 is 2.27 bits per heavy atom. The lowest BCUT2D eigenvalue weighted by Gasteiger charge is -2.25. The zero-order valence-corrected chi connectivity index (χ0v) is 10.3. The fraction of sp³-hybridized carbons (Fsp3) is 0.643. The van der Waals surface area contributed by atoms with E-state index < -0.39 is 0 Å². The predicted molar refractivity (Wildman–Crippen MR) is 64.7 cm³/mol. The summed E-state index contributed by atoms with van der Waals surface area (Å²) in [5.74, 6) is 1.52. The van der Waals surface area contributed by atoms with Crippen LogP contribution in [0.2, 0.25) is 0 Å². The third kappa shape index (κ3) is 3.33. The Kier molecular flexibility index (Phi) is 4.31. The van der Waals surface area contributed by atoms with Crippen molar-refractivity contribution >= 4 is 5.78 Å². The largest absolute Gasteiger partial charge is 0.295 e. The summed E-state index contributed by atoms with van der Waals surface area (Å²) in [6.45, 7) is 8.33. The molecule has 0 N–H and O–H groups in total. The SMILES string of the molecule is CCC(=O)/C(C)=C/C1CC(C)=CCC1C. The van der Waals surface area contributed by atoms with Gasteiger partial charge in [0, 0.05) is 6.42 Å². The molecule has 1 rings (SSSR count). The zero-order chi connectivity index (χ0) is 11.4. The van der Waals surface area contributed by atoms with Gasteiger partial charge in [-0.05, 0) is 44.1 Å². The van der Waals surface area contributed by atoms with Crippen molar-refractivity contribution in [1.29, 1.82) is 0 Å². The molecule has 0 bridgehead atoms. The molecule has 0 aromatic carbocycles. The predicted octanol–water partition coefficient (Wildman–Crippen LogP) is 3.90. The summed E-state index contributed by atoms with van der Waals surface area (Å²) in [5, 5.41) is 0. The van der Waals surface area contributed by atoms with Crippen molar-refractivity contribution in [3.8, 4) is 0 Å². The van der Waals surface area contributed by atoms with E-state index >= 15 is 0 Å². The van der Waals surface area contributed by atoms with Gasteiger partial charge < -0.3 is 0 Å². The minimum atomic E-state index is 0.286. The summed E-state index contributed by atoms with van der Waals surface area (Å²) in [7, 11) is 0. The van der Waals surface area contributed by atoms with Crippen LogP contribution in [0.3, 0.4) is 0 Å². The Labute approximate surface area is 93.3 Å². The van der Waals surface area contributed by atoms with Crippen LogP contribution in [0.15, 0.2) is 23.3 Å². The van der Waals surface area contributed by atoms with Crippen molar-refractivity contribution in [2.45, 2.75) is 47.0 Å². The molecule has 1 aliphatic rings. The minimum absolute atomic E-state index is 0.286. The van der Waals surface area contributed by atoms with E-state index in [1.807, 2.05) is 13.8 Å². The van der Waals surface area contributed by atoms with Crippen LogP contribution in [0, 0.1) is 11.8 Å². The van der Waals surface area contributed by atoms with Gasteiger partial charge in [-0.25, -0.2) is 0 Å². The highest BCUT2D eigenvalue weighted by Crippen LogP contribution is 2.31. The molecular formula is C14H22O. The monoisotopic (exact) mass is 206 g/mol. The van der Waals surface area contributed by atoms with Gasteiger partial charge in [-0.15, -0.1) is 0 Å². The average molecular weight is 206 g/mol. The van der Waals surface area contributed by atoms with Crippen LogP contribution >= 0.6 is 0 Å². The molecule has 2 unspecified atom stereocenters. The number of carbonyl (C=O) groups excluding carboxylic acids is 1. The van der Waals surface area contributed by atoms with Gasteiger partial charge >= 0.3 is 0 Å². The topological polar surface area (TPSA) is 17.1 Å². The zero-order valence-electron chi connectivity index (χ0n) is 10.3. The van der Waals surface area contributed by atoms with Crippen molar-refractivity contribution in [2.24, 2.45) is 11.8 Å². The number of Topliss-reactive ketones (excluding diaryl/α,β-unsaturated/α-hetero) is 1. The first-order chi connectivity index (χ1) is 7.04. The van der Waals surface area contributed by atoms with Gasteiger partial charge in [-0.3, -0.25) is 4.79 Å². The maximum absolute atomic E-state index is 11.5. The van der Waals surface area contributed by atoms with Gasteiger partial charge in [0.2, 0.25) is 0 Å². The summed E-state index contributed by atoms with van der Waals surface area (Å²) in [6.07, 6.45) is 7.41. The number of ketones is 1. The number of hydrogen-bond donors (Lipinski definition) is 0. The summed E-state index contributed by atoms with van der Waals surface area (Å²) in [6, 6.07) is 0. The summed E-state index contributed by atoms with van der Waals surface area (Å²) >= 11 is 0. The number of rotatable bonds is 3. The molecule has 15 heavy (non-hydrogen) atoms. The van der Waals surface area contributed by atoms with Crippen LogP contribution in [0.25, 0.3) is 0 Å². The maximum atomic E-state index is 11.5. The molecule has 0 aromatic heterocycles. The summed E-state index contributed by atoms with van der Waals surface area (Å²) < 4.78 is 0. The van der Waals surface area contributed by atoms with Gasteiger partial charge in [0.25, 0.3) is 0 Å². The summed E-state index contributed by atoms with van der Waals surface area (Å²) in [4.78, 5) is 11.5. The molecular weight excluding hydrogens is 184 g/mol. The van der Waals surface area contributed by atoms with Crippen molar-refractivity contribution < 1.29 is 4.79 Å². The molecule has 1 aliphatic carbocycles. The fourth-order valence-electron chi connectivity index (χ4n) is 2.13. The van der Waals surface area contributed by atoms with E-state index in [0.717, 1.165) is 18.4 Å². The Morgan fingerprint density at radius 3 is 2.87 bits per heavy atom. The molecule has 0 saturated carbocycles. The molecule has 1 heteroatoms. The van der Waals surface area contributed by atoms with Crippen molar-refractivity contribution in [2.75, 3.05) is 0 Å². The first-order valence-electron chi connectivity index (χ1n) is 5.91. The lowest BCUT2D eigenvalue weighted by atomic mass is 9.80. The second kappa shape index (κ2) is 5.29. The van der Waals surface area contributed by atoms with Crippen molar-refractivity contribution in [3.63, 3.8) is 0 Å². The van der Waals surface area contributed by atoms with E-state index in [4.69, 9.17) is 0 Å². The highest BCUT2D eigenvalue weighted by molar-refractivity contribution is 5.94. The molecule has 84 valence electrons. The van der Waals surface area contributed by atoms with Gasteiger partial charge in [0.15, 0.2) is 5.78 Å². The standard InChI is InChI=1S/C14H22O/c1-5-14(15)12(4)9-13-8-10(2)6-7-11(13)3/h6,9,11,13H,5,7-8H2,1-4H3/b12-9+. The number of allylic oxidation sites excluding steroid dienone is 4. The van der Waals surface area contributed by atoms with Crippen LogP contribution in [-0.2, 0) is 4.79 Å². The van der Waals surface area contributed by atoms with Crippen molar-refractivity contribution in [3.05, 3.63) is 23.3 Å². The third-order valence-corrected chi connectivity index (χ3v) is 3.35.